The fourth-order valence-electron chi connectivity index (χ4n) is 2.71. The highest BCUT2D eigenvalue weighted by atomic mass is 19.1. The number of halogens is 2. The largest absolute Gasteiger partial charge is 0.324 e. The number of fused-ring (bicyclic) bond motifs is 1. The van der Waals surface area contributed by atoms with Crippen LogP contribution in [0.1, 0.15) is 0 Å². The van der Waals surface area contributed by atoms with E-state index < -0.39 is 11.6 Å². The van der Waals surface area contributed by atoms with E-state index in [2.05, 4.69) is 5.32 Å². The van der Waals surface area contributed by atoms with Crippen LogP contribution < -0.4 is 10.6 Å². The Hall–Kier alpha value is -1.69. The van der Waals surface area contributed by atoms with Gasteiger partial charge in [-0.1, -0.05) is 0 Å². The van der Waals surface area contributed by atoms with Crippen molar-refractivity contribution in [1.29, 1.82) is 0 Å². The van der Waals surface area contributed by atoms with Crippen molar-refractivity contribution in [3.8, 4) is 0 Å². The Balaban J connectivity index is 1.63. The standard InChI is InChI=1S/C13H15F2N3O/c14-10-1-2-12(11(15)3-10)17-13(19)18-6-8-4-16-5-9(8)7-18/h1-3,8-9,16H,4-7H2,(H,17,19)/i/hD. The third kappa shape index (κ3) is 2.40. The van der Waals surface area contributed by atoms with E-state index in [0.29, 0.717) is 38.0 Å². The van der Waals surface area contributed by atoms with Gasteiger partial charge in [-0.3, -0.25) is 0 Å². The second-order valence-electron chi connectivity index (χ2n) is 5.07. The minimum absolute atomic E-state index is 0.0180. The van der Waals surface area contributed by atoms with Crippen molar-refractivity contribution in [3.05, 3.63) is 29.8 Å². The molecule has 0 radical (unpaired) electrons. The van der Waals surface area contributed by atoms with E-state index >= 15 is 0 Å². The van der Waals surface area contributed by atoms with Crippen LogP contribution in [0.2, 0.25) is 1.41 Å². The molecule has 2 aliphatic rings. The summed E-state index contributed by atoms with van der Waals surface area (Å²) in [6.07, 6.45) is 0. The lowest BCUT2D eigenvalue weighted by Gasteiger charge is -2.18. The molecule has 2 aliphatic heterocycles. The lowest BCUT2D eigenvalue weighted by molar-refractivity contribution is 0.219. The number of anilines is 1. The summed E-state index contributed by atoms with van der Waals surface area (Å²) in [5.74, 6) is -0.825. The molecule has 0 bridgehead atoms. The lowest BCUT2D eigenvalue weighted by Crippen LogP contribution is -2.35. The topological polar surface area (TPSA) is 44.4 Å². The molecule has 0 saturated carbocycles. The SMILES string of the molecule is [2H]N1CC2CN(C(=O)Nc3ccc(F)cc3F)CC2C1. The summed E-state index contributed by atoms with van der Waals surface area (Å²) in [5, 5.41) is 3.98. The van der Waals surface area contributed by atoms with Gasteiger partial charge in [-0.25, -0.2) is 13.6 Å². The molecule has 2 unspecified atom stereocenters. The average molecular weight is 268 g/mol. The Kier molecular flexibility index (Phi) is 2.80. The normalized spacial score (nSPS) is 27.3. The van der Waals surface area contributed by atoms with Crippen LogP contribution in [-0.4, -0.2) is 37.1 Å². The minimum atomic E-state index is -0.782. The smallest absolute Gasteiger partial charge is 0.321 e. The van der Waals surface area contributed by atoms with E-state index in [1.165, 1.54) is 11.4 Å². The third-order valence-corrected chi connectivity index (χ3v) is 3.76. The number of carbonyl (C=O) groups is 1. The van der Waals surface area contributed by atoms with E-state index in [0.717, 1.165) is 12.1 Å². The molecule has 2 heterocycles. The number of nitrogens with one attached hydrogen (secondary N) is 2. The van der Waals surface area contributed by atoms with Gasteiger partial charge in [0.25, 0.3) is 0 Å². The first-order chi connectivity index (χ1) is 9.52. The Bertz CT molecular complexity index is 528. The summed E-state index contributed by atoms with van der Waals surface area (Å²) in [4.78, 5) is 13.7. The number of urea groups is 1. The molecule has 3 rings (SSSR count). The van der Waals surface area contributed by atoms with Gasteiger partial charge >= 0.3 is 6.03 Å². The molecule has 2 N–H and O–H groups in total. The van der Waals surface area contributed by atoms with Gasteiger partial charge in [0.15, 0.2) is 0 Å². The molecule has 1 aromatic carbocycles. The van der Waals surface area contributed by atoms with Crippen molar-refractivity contribution >= 4 is 11.7 Å². The van der Waals surface area contributed by atoms with E-state index in [1.807, 2.05) is 0 Å². The molecular formula is C13H15F2N3O. The molecule has 6 heteroatoms. The predicted octanol–water partition coefficient (Wildman–Crippen LogP) is 1.65. The molecule has 2 atom stereocenters. The van der Waals surface area contributed by atoms with Crippen LogP contribution >= 0.6 is 0 Å². The highest BCUT2D eigenvalue weighted by Gasteiger charge is 2.38. The fourth-order valence-corrected chi connectivity index (χ4v) is 2.71. The van der Waals surface area contributed by atoms with Crippen molar-refractivity contribution in [3.63, 3.8) is 0 Å². The van der Waals surface area contributed by atoms with Crippen LogP contribution in [0, 0.1) is 23.5 Å². The summed E-state index contributed by atoms with van der Waals surface area (Å²) < 4.78 is 33.8. The van der Waals surface area contributed by atoms with E-state index in [9.17, 15) is 13.6 Å². The molecule has 102 valence electrons. The Labute approximate surface area is 111 Å². The van der Waals surface area contributed by atoms with Crippen LogP contribution in [0.15, 0.2) is 18.2 Å². The van der Waals surface area contributed by atoms with Gasteiger partial charge in [-0.05, 0) is 24.0 Å². The fraction of sp³-hybridized carbons (Fsp3) is 0.462. The van der Waals surface area contributed by atoms with E-state index in [1.54, 1.807) is 4.90 Å². The Morgan fingerprint density at radius 3 is 2.68 bits per heavy atom. The summed E-state index contributed by atoms with van der Waals surface area (Å²) in [7, 11) is 0. The van der Waals surface area contributed by atoms with Crippen LogP contribution in [0.25, 0.3) is 0 Å². The first-order valence-electron chi connectivity index (χ1n) is 6.72. The number of carbonyl (C=O) groups excluding carboxylic acids is 1. The molecule has 4 nitrogen and oxygen atoms in total. The highest BCUT2D eigenvalue weighted by molar-refractivity contribution is 5.89. The van der Waals surface area contributed by atoms with Crippen LogP contribution in [0.3, 0.4) is 0 Å². The number of hydrogen-bond donors (Lipinski definition) is 2. The first-order valence-corrected chi connectivity index (χ1v) is 6.27. The molecule has 1 aromatic rings. The van der Waals surface area contributed by atoms with Gasteiger partial charge < -0.3 is 15.5 Å². The van der Waals surface area contributed by atoms with Crippen molar-refractivity contribution in [2.45, 2.75) is 0 Å². The van der Waals surface area contributed by atoms with Crippen molar-refractivity contribution < 1.29 is 15.0 Å². The molecule has 2 fully saturated rings. The van der Waals surface area contributed by atoms with Gasteiger partial charge in [-0.2, -0.15) is 0 Å². The van der Waals surface area contributed by atoms with E-state index in [-0.39, 0.29) is 11.7 Å². The van der Waals surface area contributed by atoms with Crippen LogP contribution in [0.5, 0.6) is 0 Å². The van der Waals surface area contributed by atoms with Crippen molar-refractivity contribution in [1.82, 2.24) is 10.2 Å². The molecular weight excluding hydrogens is 252 g/mol. The predicted molar refractivity (Wildman–Crippen MR) is 66.8 cm³/mol. The molecule has 2 amide bonds. The zero-order valence-electron chi connectivity index (χ0n) is 11.3. The summed E-state index contributed by atoms with van der Waals surface area (Å²) in [6.45, 7) is 2.49. The van der Waals surface area contributed by atoms with E-state index in [4.69, 9.17) is 1.41 Å². The molecule has 0 aliphatic carbocycles. The number of nitrogens with zero attached hydrogens (tertiary/aromatic N) is 1. The summed E-state index contributed by atoms with van der Waals surface area (Å²) >= 11 is 0. The summed E-state index contributed by atoms with van der Waals surface area (Å²) in [6, 6.07) is 2.69. The quantitative estimate of drug-likeness (QED) is 0.813. The Morgan fingerprint density at radius 1 is 1.37 bits per heavy atom. The lowest BCUT2D eigenvalue weighted by atomic mass is 10.0. The number of hydrogen-bond acceptors (Lipinski definition) is 2. The van der Waals surface area contributed by atoms with Crippen molar-refractivity contribution in [2.75, 3.05) is 31.5 Å². The number of amides is 2. The van der Waals surface area contributed by atoms with Crippen molar-refractivity contribution in [2.24, 2.45) is 11.8 Å². The number of benzene rings is 1. The summed E-state index contributed by atoms with van der Waals surface area (Å²) in [5.41, 5.74) is -0.0180. The number of likely N-dealkylation sites (tertiary alicyclic amines) is 1. The molecule has 19 heavy (non-hydrogen) atoms. The highest BCUT2D eigenvalue weighted by Crippen LogP contribution is 2.27. The third-order valence-electron chi connectivity index (χ3n) is 3.76. The van der Waals surface area contributed by atoms with Gasteiger partial charge in [0.1, 0.15) is 13.0 Å². The second kappa shape index (κ2) is 4.77. The van der Waals surface area contributed by atoms with Crippen LogP contribution in [0.4, 0.5) is 19.3 Å². The Morgan fingerprint density at radius 2 is 2.05 bits per heavy atom. The molecule has 0 aromatic heterocycles. The number of rotatable bonds is 1. The minimum Gasteiger partial charge on any atom is -0.324 e. The maximum absolute atomic E-state index is 13.5. The maximum Gasteiger partial charge on any atom is 0.321 e. The van der Waals surface area contributed by atoms with Gasteiger partial charge in [0, 0.05) is 32.2 Å². The zero-order chi connectivity index (χ0) is 14.3. The zero-order valence-corrected chi connectivity index (χ0v) is 10.3. The monoisotopic (exact) mass is 268 g/mol. The molecule has 2 saturated heterocycles. The van der Waals surface area contributed by atoms with Gasteiger partial charge in [0.05, 0.1) is 5.69 Å². The second-order valence-corrected chi connectivity index (χ2v) is 5.07. The average Bonchev–Trinajstić information content (AvgIpc) is 2.89. The first kappa shape index (κ1) is 11.2. The van der Waals surface area contributed by atoms with Gasteiger partial charge in [0.2, 0.25) is 0 Å². The van der Waals surface area contributed by atoms with Crippen LogP contribution in [-0.2, 0) is 0 Å². The van der Waals surface area contributed by atoms with Gasteiger partial charge in [-0.15, -0.1) is 0 Å². The molecule has 0 spiro atoms. The maximum atomic E-state index is 13.5.